The minimum Gasteiger partial charge on any atom is -0.359 e. The molecular formula is C17H17IN2O2. The van der Waals surface area contributed by atoms with E-state index in [1.54, 1.807) is 13.1 Å². The van der Waals surface area contributed by atoms with Gasteiger partial charge in [0, 0.05) is 28.3 Å². The average Bonchev–Trinajstić information content (AvgIpc) is 2.53. The molecule has 0 aliphatic carbocycles. The number of hydrogen-bond donors (Lipinski definition) is 2. The van der Waals surface area contributed by atoms with Gasteiger partial charge in [-0.2, -0.15) is 0 Å². The smallest absolute Gasteiger partial charge is 0.255 e. The third kappa shape index (κ3) is 4.84. The Balaban J connectivity index is 1.96. The van der Waals surface area contributed by atoms with Crippen LogP contribution in [-0.2, 0) is 11.2 Å². The van der Waals surface area contributed by atoms with Crippen LogP contribution >= 0.6 is 22.6 Å². The Bertz CT molecular complexity index is 669. The number of hydrogen-bond acceptors (Lipinski definition) is 2. The number of amides is 2. The number of halogens is 1. The number of carbonyl (C=O) groups is 2. The maximum absolute atomic E-state index is 12.1. The van der Waals surface area contributed by atoms with Gasteiger partial charge in [-0.05, 0) is 64.9 Å². The minimum absolute atomic E-state index is 0.0241. The fourth-order valence-electron chi connectivity index (χ4n) is 1.97. The Hall–Kier alpha value is -1.89. The van der Waals surface area contributed by atoms with Crippen molar-refractivity contribution in [3.05, 3.63) is 63.2 Å². The highest BCUT2D eigenvalue weighted by molar-refractivity contribution is 14.1. The second-order valence-corrected chi connectivity index (χ2v) is 6.08. The molecule has 2 amide bonds. The molecule has 2 aromatic carbocycles. The fourth-order valence-corrected chi connectivity index (χ4v) is 2.51. The lowest BCUT2D eigenvalue weighted by atomic mass is 10.1. The van der Waals surface area contributed by atoms with E-state index in [0.29, 0.717) is 18.4 Å². The lowest BCUT2D eigenvalue weighted by molar-refractivity contribution is -0.120. The van der Waals surface area contributed by atoms with E-state index in [-0.39, 0.29) is 11.8 Å². The zero-order valence-electron chi connectivity index (χ0n) is 12.2. The van der Waals surface area contributed by atoms with E-state index < -0.39 is 0 Å². The summed E-state index contributed by atoms with van der Waals surface area (Å²) in [6, 6.07) is 15.0. The van der Waals surface area contributed by atoms with Crippen LogP contribution in [0.5, 0.6) is 0 Å². The van der Waals surface area contributed by atoms with E-state index in [9.17, 15) is 9.59 Å². The highest BCUT2D eigenvalue weighted by Crippen LogP contribution is 2.14. The van der Waals surface area contributed by atoms with E-state index in [1.165, 1.54) is 0 Å². The number of aryl methyl sites for hydroxylation is 1. The fraction of sp³-hybridized carbons (Fsp3) is 0.176. The molecule has 0 fully saturated rings. The normalized spacial score (nSPS) is 10.1. The summed E-state index contributed by atoms with van der Waals surface area (Å²) in [6.45, 7) is 0. The largest absolute Gasteiger partial charge is 0.359 e. The van der Waals surface area contributed by atoms with Crippen molar-refractivity contribution in [3.63, 3.8) is 0 Å². The molecule has 0 aliphatic heterocycles. The zero-order chi connectivity index (χ0) is 15.9. The minimum atomic E-state index is -0.128. The lowest BCUT2D eigenvalue weighted by Gasteiger charge is -2.07. The predicted molar refractivity (Wildman–Crippen MR) is 95.9 cm³/mol. The third-order valence-electron chi connectivity index (χ3n) is 3.22. The predicted octanol–water partition coefficient (Wildman–Crippen LogP) is 3.22. The molecule has 0 unspecified atom stereocenters. The Labute approximate surface area is 143 Å². The van der Waals surface area contributed by atoms with Crippen molar-refractivity contribution in [3.8, 4) is 0 Å². The Morgan fingerprint density at radius 3 is 2.45 bits per heavy atom. The molecular weight excluding hydrogens is 391 g/mol. The quantitative estimate of drug-likeness (QED) is 0.747. The molecule has 2 N–H and O–H groups in total. The van der Waals surface area contributed by atoms with E-state index in [1.807, 2.05) is 42.5 Å². The monoisotopic (exact) mass is 408 g/mol. The third-order valence-corrected chi connectivity index (χ3v) is 3.89. The molecule has 0 spiro atoms. The molecule has 0 saturated carbocycles. The average molecular weight is 408 g/mol. The van der Waals surface area contributed by atoms with E-state index in [0.717, 1.165) is 14.8 Å². The summed E-state index contributed by atoms with van der Waals surface area (Å²) < 4.78 is 1.02. The Kier molecular flexibility index (Phi) is 5.94. The second kappa shape index (κ2) is 7.93. The van der Waals surface area contributed by atoms with Crippen molar-refractivity contribution in [1.82, 2.24) is 5.32 Å². The topological polar surface area (TPSA) is 58.2 Å². The first-order valence-electron chi connectivity index (χ1n) is 6.95. The van der Waals surface area contributed by atoms with Gasteiger partial charge >= 0.3 is 0 Å². The van der Waals surface area contributed by atoms with E-state index >= 15 is 0 Å². The van der Waals surface area contributed by atoms with Crippen molar-refractivity contribution in [2.24, 2.45) is 0 Å². The van der Waals surface area contributed by atoms with Gasteiger partial charge in [-0.1, -0.05) is 18.2 Å². The first kappa shape index (κ1) is 16.5. The van der Waals surface area contributed by atoms with Gasteiger partial charge in [0.15, 0.2) is 0 Å². The second-order valence-electron chi connectivity index (χ2n) is 4.83. The van der Waals surface area contributed by atoms with E-state index in [4.69, 9.17) is 0 Å². The molecule has 5 heteroatoms. The van der Waals surface area contributed by atoms with Gasteiger partial charge in [-0.25, -0.2) is 0 Å². The first-order chi connectivity index (χ1) is 10.6. The summed E-state index contributed by atoms with van der Waals surface area (Å²) in [5.74, 6) is -0.104. The Morgan fingerprint density at radius 2 is 1.82 bits per heavy atom. The lowest BCUT2D eigenvalue weighted by Crippen LogP contribution is -2.17. The SMILES string of the molecule is CNC(=O)CCc1ccc(NC(=O)c2cccc(I)c2)cc1. The van der Waals surface area contributed by atoms with Crippen LogP contribution < -0.4 is 10.6 Å². The summed E-state index contributed by atoms with van der Waals surface area (Å²) in [7, 11) is 1.63. The zero-order valence-corrected chi connectivity index (χ0v) is 14.4. The van der Waals surface area contributed by atoms with Gasteiger partial charge < -0.3 is 10.6 Å². The summed E-state index contributed by atoms with van der Waals surface area (Å²) in [6.07, 6.45) is 1.15. The number of carbonyl (C=O) groups excluding carboxylic acids is 2. The molecule has 2 rings (SSSR count). The van der Waals surface area contributed by atoms with Crippen LogP contribution in [0.2, 0.25) is 0 Å². The summed E-state index contributed by atoms with van der Waals surface area (Å²) >= 11 is 2.18. The van der Waals surface area contributed by atoms with Crippen LogP contribution in [0.3, 0.4) is 0 Å². The summed E-state index contributed by atoms with van der Waals surface area (Å²) in [4.78, 5) is 23.4. The number of rotatable bonds is 5. The Morgan fingerprint density at radius 1 is 1.09 bits per heavy atom. The standard InChI is InChI=1S/C17H17IN2O2/c1-19-16(21)10-7-12-5-8-15(9-6-12)20-17(22)13-3-2-4-14(18)11-13/h2-6,8-9,11H,7,10H2,1H3,(H,19,21)(H,20,22). The molecule has 0 atom stereocenters. The van der Waals surface area contributed by atoms with Crippen LogP contribution in [0, 0.1) is 3.57 Å². The van der Waals surface area contributed by atoms with Crippen molar-refractivity contribution in [1.29, 1.82) is 0 Å². The number of benzene rings is 2. The molecule has 0 aliphatic rings. The van der Waals surface area contributed by atoms with Crippen molar-refractivity contribution in [2.75, 3.05) is 12.4 Å². The molecule has 0 aromatic heterocycles. The molecule has 2 aromatic rings. The van der Waals surface area contributed by atoms with Crippen molar-refractivity contribution >= 4 is 40.1 Å². The van der Waals surface area contributed by atoms with Crippen LogP contribution in [0.15, 0.2) is 48.5 Å². The number of nitrogens with one attached hydrogen (secondary N) is 2. The number of anilines is 1. The highest BCUT2D eigenvalue weighted by Gasteiger charge is 2.06. The van der Waals surface area contributed by atoms with Gasteiger partial charge in [0.25, 0.3) is 5.91 Å². The van der Waals surface area contributed by atoms with Crippen LogP contribution in [0.1, 0.15) is 22.3 Å². The van der Waals surface area contributed by atoms with Crippen molar-refractivity contribution < 1.29 is 9.59 Å². The summed E-state index contributed by atoms with van der Waals surface area (Å²) in [5.41, 5.74) is 2.44. The van der Waals surface area contributed by atoms with Gasteiger partial charge in [0.05, 0.1) is 0 Å². The molecule has 22 heavy (non-hydrogen) atoms. The van der Waals surface area contributed by atoms with Crippen LogP contribution in [0.25, 0.3) is 0 Å². The maximum Gasteiger partial charge on any atom is 0.255 e. The molecule has 0 heterocycles. The van der Waals surface area contributed by atoms with Gasteiger partial charge in [0.2, 0.25) is 5.91 Å². The molecule has 114 valence electrons. The van der Waals surface area contributed by atoms with Gasteiger partial charge in [-0.3, -0.25) is 9.59 Å². The molecule has 0 saturated heterocycles. The summed E-state index contributed by atoms with van der Waals surface area (Å²) in [5, 5.41) is 5.47. The highest BCUT2D eigenvalue weighted by atomic mass is 127. The van der Waals surface area contributed by atoms with Crippen LogP contribution in [-0.4, -0.2) is 18.9 Å². The maximum atomic E-state index is 12.1. The van der Waals surface area contributed by atoms with Gasteiger partial charge in [0.1, 0.15) is 0 Å². The van der Waals surface area contributed by atoms with Gasteiger partial charge in [-0.15, -0.1) is 0 Å². The first-order valence-corrected chi connectivity index (χ1v) is 8.03. The van der Waals surface area contributed by atoms with Crippen molar-refractivity contribution in [2.45, 2.75) is 12.8 Å². The molecule has 0 bridgehead atoms. The van der Waals surface area contributed by atoms with E-state index in [2.05, 4.69) is 33.2 Å². The molecule has 4 nitrogen and oxygen atoms in total. The molecule has 0 radical (unpaired) electrons. The van der Waals surface area contributed by atoms with Crippen LogP contribution in [0.4, 0.5) is 5.69 Å².